The first-order chi connectivity index (χ1) is 14.2. The Labute approximate surface area is 170 Å². The van der Waals surface area contributed by atoms with Gasteiger partial charge in [0.15, 0.2) is 0 Å². The maximum absolute atomic E-state index is 12.2. The molecule has 1 aromatic heterocycles. The molecule has 1 heterocycles. The lowest BCUT2D eigenvalue weighted by atomic mass is 10.1. The summed E-state index contributed by atoms with van der Waals surface area (Å²) in [5, 5.41) is 14.6. The molecule has 2 amide bonds. The van der Waals surface area contributed by atoms with Crippen LogP contribution in [0.1, 0.15) is 28.8 Å². The summed E-state index contributed by atoms with van der Waals surface area (Å²) in [6.07, 6.45) is 0.0477. The van der Waals surface area contributed by atoms with Crippen molar-refractivity contribution in [3.05, 3.63) is 45.7 Å². The Hall–Kier alpha value is -4.09. The van der Waals surface area contributed by atoms with Crippen LogP contribution in [0.15, 0.2) is 29.1 Å². The number of anilines is 3. The topological polar surface area (TPSA) is 219 Å². The van der Waals surface area contributed by atoms with Crippen molar-refractivity contribution in [2.24, 2.45) is 5.73 Å². The number of hydrogen-bond acceptors (Lipinski definition) is 8. The van der Waals surface area contributed by atoms with E-state index in [9.17, 15) is 19.2 Å². The lowest BCUT2D eigenvalue weighted by Crippen LogP contribution is -2.41. The van der Waals surface area contributed by atoms with Gasteiger partial charge in [-0.1, -0.05) is 0 Å². The number of aromatic nitrogens is 2. The summed E-state index contributed by atoms with van der Waals surface area (Å²) in [6, 6.07) is 5.05. The molecule has 0 radical (unpaired) electrons. The van der Waals surface area contributed by atoms with Crippen molar-refractivity contribution in [1.29, 1.82) is 0 Å². The third kappa shape index (κ3) is 6.22. The number of hydrogen-bond donors (Lipinski definition) is 7. The van der Waals surface area contributed by atoms with Gasteiger partial charge in [0, 0.05) is 24.2 Å². The van der Waals surface area contributed by atoms with Crippen LogP contribution < -0.4 is 33.4 Å². The van der Waals surface area contributed by atoms with Crippen molar-refractivity contribution in [2.45, 2.75) is 25.3 Å². The number of nitrogens with zero attached hydrogens (tertiary/aromatic N) is 1. The zero-order valence-corrected chi connectivity index (χ0v) is 16.0. The highest BCUT2D eigenvalue weighted by molar-refractivity contribution is 5.97. The maximum Gasteiger partial charge on any atom is 0.326 e. The smallest absolute Gasteiger partial charge is 0.326 e. The second kappa shape index (κ2) is 9.91. The Morgan fingerprint density at radius 2 is 1.83 bits per heavy atom. The molecule has 0 aliphatic rings. The number of nitrogens with two attached hydrogens (primary N) is 3. The highest BCUT2D eigenvalue weighted by atomic mass is 16.4. The molecule has 160 valence electrons. The molecule has 0 aliphatic heterocycles. The van der Waals surface area contributed by atoms with Gasteiger partial charge in [-0.25, -0.2) is 4.79 Å². The Balaban J connectivity index is 1.92. The standard InChI is InChI=1S/C18H23N7O5/c19-13(26)6-5-12(17(29)30)23-15(27)9-1-3-10(4-2-9)22-8-7-11-14(20)24-18(21)25-16(11)28/h1-4,12,22H,5-8H2,(H2,19,26)(H,23,27)(H,29,30)(H5,20,21,24,25,28)/t12-/m0/s1. The van der Waals surface area contributed by atoms with E-state index in [1.807, 2.05) is 0 Å². The van der Waals surface area contributed by atoms with Crippen LogP contribution in [0.5, 0.6) is 0 Å². The average Bonchev–Trinajstić information content (AvgIpc) is 2.67. The van der Waals surface area contributed by atoms with Gasteiger partial charge in [0.1, 0.15) is 11.9 Å². The second-order valence-electron chi connectivity index (χ2n) is 6.44. The van der Waals surface area contributed by atoms with Gasteiger partial charge in [0.2, 0.25) is 11.9 Å². The monoisotopic (exact) mass is 417 g/mol. The number of benzene rings is 1. The molecule has 1 atom stereocenters. The quantitative estimate of drug-likeness (QED) is 0.252. The predicted octanol–water partition coefficient (Wildman–Crippen LogP) is -0.963. The third-order valence-corrected chi connectivity index (χ3v) is 4.20. The van der Waals surface area contributed by atoms with Crippen LogP contribution in [-0.4, -0.2) is 45.4 Å². The van der Waals surface area contributed by atoms with E-state index in [1.54, 1.807) is 12.1 Å². The number of amides is 2. The molecule has 0 saturated carbocycles. The van der Waals surface area contributed by atoms with E-state index < -0.39 is 29.4 Å². The van der Waals surface area contributed by atoms with Crippen molar-refractivity contribution in [2.75, 3.05) is 23.3 Å². The van der Waals surface area contributed by atoms with Crippen LogP contribution in [0.25, 0.3) is 0 Å². The molecular formula is C18H23N7O5. The number of carboxylic acid groups (broad SMARTS) is 1. The summed E-state index contributed by atoms with van der Waals surface area (Å²) in [5.41, 5.74) is 17.0. The van der Waals surface area contributed by atoms with Crippen molar-refractivity contribution >= 4 is 35.2 Å². The summed E-state index contributed by atoms with van der Waals surface area (Å²) in [5.74, 6) is -2.48. The first kappa shape index (κ1) is 22.2. The summed E-state index contributed by atoms with van der Waals surface area (Å²) >= 11 is 0. The fraction of sp³-hybridized carbons (Fsp3) is 0.278. The van der Waals surface area contributed by atoms with Gasteiger partial charge < -0.3 is 32.9 Å². The maximum atomic E-state index is 12.2. The van der Waals surface area contributed by atoms with Gasteiger partial charge in [0.25, 0.3) is 11.5 Å². The zero-order chi connectivity index (χ0) is 22.3. The van der Waals surface area contributed by atoms with E-state index in [4.69, 9.17) is 22.3 Å². The highest BCUT2D eigenvalue weighted by Crippen LogP contribution is 2.11. The van der Waals surface area contributed by atoms with Crippen LogP contribution in [-0.2, 0) is 16.0 Å². The lowest BCUT2D eigenvalue weighted by Gasteiger charge is -2.14. The summed E-state index contributed by atoms with van der Waals surface area (Å²) in [7, 11) is 0. The number of carbonyl (C=O) groups excluding carboxylic acids is 2. The minimum Gasteiger partial charge on any atom is -0.480 e. The molecule has 0 bridgehead atoms. The normalized spacial score (nSPS) is 11.5. The van der Waals surface area contributed by atoms with Gasteiger partial charge in [-0.15, -0.1) is 0 Å². The molecule has 2 rings (SSSR count). The molecule has 30 heavy (non-hydrogen) atoms. The zero-order valence-electron chi connectivity index (χ0n) is 16.0. The number of nitrogens with one attached hydrogen (secondary N) is 3. The minimum absolute atomic E-state index is 0.0529. The molecule has 12 nitrogen and oxygen atoms in total. The van der Waals surface area contributed by atoms with E-state index in [0.717, 1.165) is 0 Å². The largest absolute Gasteiger partial charge is 0.480 e. The molecule has 0 fully saturated rings. The van der Waals surface area contributed by atoms with Gasteiger partial charge in [-0.3, -0.25) is 19.4 Å². The lowest BCUT2D eigenvalue weighted by molar-refractivity contribution is -0.139. The predicted molar refractivity (Wildman–Crippen MR) is 110 cm³/mol. The van der Waals surface area contributed by atoms with Crippen molar-refractivity contribution in [3.8, 4) is 0 Å². The molecule has 10 N–H and O–H groups in total. The van der Waals surface area contributed by atoms with Crippen molar-refractivity contribution in [3.63, 3.8) is 0 Å². The molecule has 1 aromatic carbocycles. The van der Waals surface area contributed by atoms with E-state index in [2.05, 4.69) is 20.6 Å². The number of carbonyl (C=O) groups is 3. The molecule has 0 aliphatic carbocycles. The van der Waals surface area contributed by atoms with Crippen LogP contribution in [0, 0.1) is 0 Å². The molecule has 0 spiro atoms. The Bertz CT molecular complexity index is 987. The van der Waals surface area contributed by atoms with Gasteiger partial charge in [-0.2, -0.15) is 4.98 Å². The number of carboxylic acids is 1. The van der Waals surface area contributed by atoms with E-state index in [-0.39, 0.29) is 30.2 Å². The van der Waals surface area contributed by atoms with Gasteiger partial charge >= 0.3 is 5.97 Å². The average molecular weight is 417 g/mol. The van der Waals surface area contributed by atoms with Crippen LogP contribution >= 0.6 is 0 Å². The van der Waals surface area contributed by atoms with E-state index in [1.165, 1.54) is 12.1 Å². The van der Waals surface area contributed by atoms with Gasteiger partial charge in [0.05, 0.1) is 5.56 Å². The Morgan fingerprint density at radius 1 is 1.17 bits per heavy atom. The minimum atomic E-state index is -1.26. The van der Waals surface area contributed by atoms with Crippen LogP contribution in [0.4, 0.5) is 17.5 Å². The number of primary amides is 1. The molecule has 2 aromatic rings. The molecule has 12 heteroatoms. The van der Waals surface area contributed by atoms with Crippen molar-refractivity contribution < 1.29 is 19.5 Å². The SMILES string of the molecule is NC(=O)CC[C@H](NC(=O)c1ccc(NCCc2c(N)nc(N)[nH]c2=O)cc1)C(=O)O. The highest BCUT2D eigenvalue weighted by Gasteiger charge is 2.21. The summed E-state index contributed by atoms with van der Waals surface area (Å²) < 4.78 is 0. The molecule has 0 saturated heterocycles. The van der Waals surface area contributed by atoms with E-state index in [0.29, 0.717) is 24.2 Å². The Morgan fingerprint density at radius 3 is 2.40 bits per heavy atom. The summed E-state index contributed by atoms with van der Waals surface area (Å²) in [4.78, 5) is 52.3. The number of rotatable bonds is 10. The fourth-order valence-corrected chi connectivity index (χ4v) is 2.63. The van der Waals surface area contributed by atoms with Gasteiger partial charge in [-0.05, 0) is 37.1 Å². The molecular weight excluding hydrogens is 394 g/mol. The van der Waals surface area contributed by atoms with Crippen molar-refractivity contribution in [1.82, 2.24) is 15.3 Å². The number of nitrogen functional groups attached to an aromatic ring is 2. The summed E-state index contributed by atoms with van der Waals surface area (Å²) in [6.45, 7) is 0.374. The first-order valence-electron chi connectivity index (χ1n) is 8.97. The number of aromatic amines is 1. The van der Waals surface area contributed by atoms with Crippen LogP contribution in [0.3, 0.4) is 0 Å². The number of aliphatic carboxylic acids is 1. The second-order valence-corrected chi connectivity index (χ2v) is 6.44. The number of H-pyrrole nitrogens is 1. The van der Waals surface area contributed by atoms with Crippen LogP contribution in [0.2, 0.25) is 0 Å². The van der Waals surface area contributed by atoms with E-state index >= 15 is 0 Å². The Kier molecular flexibility index (Phi) is 7.33. The molecule has 0 unspecified atom stereocenters. The first-order valence-corrected chi connectivity index (χ1v) is 8.97. The fourth-order valence-electron chi connectivity index (χ4n) is 2.63. The third-order valence-electron chi connectivity index (χ3n) is 4.20.